The maximum atomic E-state index is 9.82. The summed E-state index contributed by atoms with van der Waals surface area (Å²) in [4.78, 5) is 0.620. The zero-order valence-electron chi connectivity index (χ0n) is 9.94. The second-order valence-electron chi connectivity index (χ2n) is 3.85. The van der Waals surface area contributed by atoms with E-state index in [0.29, 0.717) is 28.0 Å². The third kappa shape index (κ3) is 2.00. The molecular weight excluding hydrogens is 268 g/mol. The fourth-order valence-corrected chi connectivity index (χ4v) is 2.58. The number of aromatic hydroxyl groups is 2. The van der Waals surface area contributed by atoms with Crippen LogP contribution in [-0.2, 0) is 11.3 Å². The topological polar surface area (TPSA) is 92.8 Å². The molecule has 0 radical (unpaired) electrons. The van der Waals surface area contributed by atoms with Crippen LogP contribution in [0.3, 0.4) is 0 Å². The first-order valence-corrected chi connectivity index (χ1v) is 6.23. The highest BCUT2D eigenvalue weighted by molar-refractivity contribution is 7.19. The maximum absolute atomic E-state index is 9.82. The molecule has 2 aromatic heterocycles. The molecule has 0 saturated carbocycles. The SMILES string of the molecule is COCc1nnc2sc(-c3ccc(O)cc3O)nn12. The third-order valence-electron chi connectivity index (χ3n) is 2.54. The summed E-state index contributed by atoms with van der Waals surface area (Å²) in [6.45, 7) is 0.311. The van der Waals surface area contributed by atoms with Crippen LogP contribution in [0.1, 0.15) is 5.82 Å². The van der Waals surface area contributed by atoms with Gasteiger partial charge in [0.2, 0.25) is 4.96 Å². The summed E-state index contributed by atoms with van der Waals surface area (Å²) in [6, 6.07) is 4.37. The summed E-state index contributed by atoms with van der Waals surface area (Å²) in [5.74, 6) is 0.570. The van der Waals surface area contributed by atoms with Crippen LogP contribution in [0.4, 0.5) is 0 Å². The third-order valence-corrected chi connectivity index (χ3v) is 3.47. The predicted molar refractivity (Wildman–Crippen MR) is 68.1 cm³/mol. The Morgan fingerprint density at radius 2 is 2.16 bits per heavy atom. The Labute approximate surface area is 111 Å². The quantitative estimate of drug-likeness (QED) is 0.752. The fraction of sp³-hybridized carbons (Fsp3) is 0.182. The zero-order chi connectivity index (χ0) is 13.4. The van der Waals surface area contributed by atoms with Crippen molar-refractivity contribution in [2.75, 3.05) is 7.11 Å². The van der Waals surface area contributed by atoms with Gasteiger partial charge in [0.15, 0.2) is 10.8 Å². The van der Waals surface area contributed by atoms with E-state index in [0.717, 1.165) is 0 Å². The van der Waals surface area contributed by atoms with Crippen molar-refractivity contribution in [1.29, 1.82) is 0 Å². The van der Waals surface area contributed by atoms with Gasteiger partial charge in [-0.05, 0) is 12.1 Å². The predicted octanol–water partition coefficient (Wildman–Crippen LogP) is 1.41. The van der Waals surface area contributed by atoms with E-state index in [1.165, 1.54) is 23.5 Å². The monoisotopic (exact) mass is 278 g/mol. The molecule has 0 aliphatic heterocycles. The van der Waals surface area contributed by atoms with Crippen molar-refractivity contribution in [3.8, 4) is 22.1 Å². The number of phenols is 2. The van der Waals surface area contributed by atoms with E-state index < -0.39 is 0 Å². The summed E-state index contributed by atoms with van der Waals surface area (Å²) >= 11 is 1.30. The highest BCUT2D eigenvalue weighted by atomic mass is 32.1. The molecule has 0 unspecified atom stereocenters. The van der Waals surface area contributed by atoms with Crippen molar-refractivity contribution in [3.05, 3.63) is 24.0 Å². The average Bonchev–Trinajstić information content (AvgIpc) is 2.91. The minimum absolute atomic E-state index is 0.00400. The van der Waals surface area contributed by atoms with Crippen molar-refractivity contribution in [1.82, 2.24) is 19.8 Å². The molecule has 1 aromatic carbocycles. The van der Waals surface area contributed by atoms with E-state index in [4.69, 9.17) is 4.74 Å². The van der Waals surface area contributed by atoms with Crippen molar-refractivity contribution < 1.29 is 14.9 Å². The van der Waals surface area contributed by atoms with Crippen LogP contribution < -0.4 is 0 Å². The molecule has 0 saturated heterocycles. The Kier molecular flexibility index (Phi) is 2.80. The van der Waals surface area contributed by atoms with E-state index in [1.807, 2.05) is 0 Å². The lowest BCUT2D eigenvalue weighted by Gasteiger charge is -2.00. The number of ether oxygens (including phenoxy) is 1. The molecule has 0 aliphatic rings. The maximum Gasteiger partial charge on any atom is 0.235 e. The first-order chi connectivity index (χ1) is 9.19. The number of phenolic OH excluding ortho intramolecular Hbond substituents is 2. The van der Waals surface area contributed by atoms with Gasteiger partial charge in [-0.1, -0.05) is 11.3 Å². The molecule has 0 spiro atoms. The molecular formula is C11H10N4O3S. The second kappa shape index (κ2) is 4.48. The van der Waals surface area contributed by atoms with E-state index in [2.05, 4.69) is 15.3 Å². The summed E-state index contributed by atoms with van der Waals surface area (Å²) in [6.07, 6.45) is 0. The van der Waals surface area contributed by atoms with E-state index in [1.54, 1.807) is 17.7 Å². The number of hydrogen-bond donors (Lipinski definition) is 2. The largest absolute Gasteiger partial charge is 0.508 e. The van der Waals surface area contributed by atoms with Crippen LogP contribution in [0.25, 0.3) is 15.5 Å². The zero-order valence-corrected chi connectivity index (χ0v) is 10.8. The molecule has 0 fully saturated rings. The smallest absolute Gasteiger partial charge is 0.235 e. The number of rotatable bonds is 3. The molecule has 2 N–H and O–H groups in total. The Bertz CT molecular complexity index is 737. The number of hydrogen-bond acceptors (Lipinski definition) is 7. The summed E-state index contributed by atoms with van der Waals surface area (Å²) < 4.78 is 6.59. The van der Waals surface area contributed by atoms with Gasteiger partial charge < -0.3 is 14.9 Å². The van der Waals surface area contributed by atoms with Gasteiger partial charge in [-0.15, -0.1) is 10.2 Å². The number of nitrogens with zero attached hydrogens (tertiary/aromatic N) is 4. The molecule has 3 aromatic rings. The van der Waals surface area contributed by atoms with Gasteiger partial charge in [-0.3, -0.25) is 0 Å². The number of methoxy groups -OCH3 is 1. The summed E-state index contributed by atoms with van der Waals surface area (Å²) in [7, 11) is 1.57. The Balaban J connectivity index is 2.10. The molecule has 0 aliphatic carbocycles. The highest BCUT2D eigenvalue weighted by Gasteiger charge is 2.15. The molecule has 0 atom stereocenters. The molecule has 0 bridgehead atoms. The standard InChI is InChI=1S/C11H10N4O3S/c1-18-5-9-12-13-11-15(9)14-10(19-11)7-3-2-6(16)4-8(7)17/h2-4,16-17H,5H2,1H3. The Hall–Kier alpha value is -2.19. The summed E-state index contributed by atoms with van der Waals surface area (Å²) in [5, 5.41) is 32.0. The molecule has 0 amide bonds. The van der Waals surface area contributed by atoms with Crippen LogP contribution in [0.15, 0.2) is 18.2 Å². The molecule has 98 valence electrons. The van der Waals surface area contributed by atoms with Gasteiger partial charge in [-0.25, -0.2) is 0 Å². The van der Waals surface area contributed by atoms with Crippen LogP contribution in [0, 0.1) is 0 Å². The van der Waals surface area contributed by atoms with Gasteiger partial charge >= 0.3 is 0 Å². The van der Waals surface area contributed by atoms with Crippen LogP contribution >= 0.6 is 11.3 Å². The van der Waals surface area contributed by atoms with Gasteiger partial charge in [0.1, 0.15) is 18.1 Å². The summed E-state index contributed by atoms with van der Waals surface area (Å²) in [5.41, 5.74) is 0.539. The minimum atomic E-state index is -0.0294. The van der Waals surface area contributed by atoms with E-state index >= 15 is 0 Å². The number of benzene rings is 1. The van der Waals surface area contributed by atoms with Crippen molar-refractivity contribution in [2.45, 2.75) is 6.61 Å². The lowest BCUT2D eigenvalue weighted by molar-refractivity contribution is 0.176. The molecule has 2 heterocycles. The fourth-order valence-electron chi connectivity index (χ4n) is 1.69. The van der Waals surface area contributed by atoms with E-state index in [9.17, 15) is 10.2 Å². The average molecular weight is 278 g/mol. The van der Waals surface area contributed by atoms with Gasteiger partial charge in [0, 0.05) is 13.2 Å². The molecule has 8 heteroatoms. The normalized spacial score (nSPS) is 11.2. The van der Waals surface area contributed by atoms with E-state index in [-0.39, 0.29) is 11.5 Å². The minimum Gasteiger partial charge on any atom is -0.508 e. The number of fused-ring (bicyclic) bond motifs is 1. The first kappa shape index (κ1) is 11.9. The van der Waals surface area contributed by atoms with Crippen LogP contribution in [0.5, 0.6) is 11.5 Å². The molecule has 7 nitrogen and oxygen atoms in total. The van der Waals surface area contributed by atoms with Gasteiger partial charge in [0.25, 0.3) is 0 Å². The van der Waals surface area contributed by atoms with Crippen molar-refractivity contribution in [2.24, 2.45) is 0 Å². The molecule has 19 heavy (non-hydrogen) atoms. The van der Waals surface area contributed by atoms with Crippen LogP contribution in [-0.4, -0.2) is 37.1 Å². The lowest BCUT2D eigenvalue weighted by Crippen LogP contribution is -1.97. The second-order valence-corrected chi connectivity index (χ2v) is 4.81. The Morgan fingerprint density at radius 3 is 2.89 bits per heavy atom. The van der Waals surface area contributed by atoms with Crippen molar-refractivity contribution in [3.63, 3.8) is 0 Å². The Morgan fingerprint density at radius 1 is 1.32 bits per heavy atom. The first-order valence-electron chi connectivity index (χ1n) is 5.41. The highest BCUT2D eigenvalue weighted by Crippen LogP contribution is 2.34. The van der Waals surface area contributed by atoms with Gasteiger partial charge in [-0.2, -0.15) is 9.61 Å². The molecule has 3 rings (SSSR count). The lowest BCUT2D eigenvalue weighted by atomic mass is 10.2. The number of aromatic nitrogens is 4. The van der Waals surface area contributed by atoms with Crippen LogP contribution in [0.2, 0.25) is 0 Å². The van der Waals surface area contributed by atoms with Crippen molar-refractivity contribution >= 4 is 16.3 Å². The van der Waals surface area contributed by atoms with Gasteiger partial charge in [0.05, 0.1) is 5.56 Å².